The highest BCUT2D eigenvalue weighted by Crippen LogP contribution is 2.26. The van der Waals surface area contributed by atoms with Crippen molar-refractivity contribution in [3.05, 3.63) is 24.3 Å². The Hall–Kier alpha value is -2.33. The van der Waals surface area contributed by atoms with Gasteiger partial charge in [0.25, 0.3) is 0 Å². The highest BCUT2D eigenvalue weighted by molar-refractivity contribution is 8.01. The summed E-state index contributed by atoms with van der Waals surface area (Å²) >= 11 is 2.52. The molecule has 1 saturated carbocycles. The Morgan fingerprint density at radius 3 is 2.82 bits per heavy atom. The van der Waals surface area contributed by atoms with E-state index in [1.165, 1.54) is 29.5 Å². The molecular weight excluding hydrogens is 398 g/mol. The topological polar surface area (TPSA) is 105 Å². The van der Waals surface area contributed by atoms with Crippen molar-refractivity contribution in [1.29, 1.82) is 0 Å². The van der Waals surface area contributed by atoms with Gasteiger partial charge in [0.05, 0.1) is 12.9 Å². The minimum absolute atomic E-state index is 0.155. The van der Waals surface area contributed by atoms with E-state index in [2.05, 4.69) is 26.1 Å². The lowest BCUT2D eigenvalue weighted by molar-refractivity contribution is -0.113. The van der Waals surface area contributed by atoms with Crippen molar-refractivity contribution in [3.8, 4) is 5.75 Å². The number of carbonyl (C=O) groups is 2. The van der Waals surface area contributed by atoms with Gasteiger partial charge < -0.3 is 15.4 Å². The Morgan fingerprint density at radius 2 is 2.04 bits per heavy atom. The molecule has 0 aliphatic heterocycles. The number of benzene rings is 1. The first-order chi connectivity index (χ1) is 13.6. The summed E-state index contributed by atoms with van der Waals surface area (Å²) in [5.74, 6) is 0.718. The summed E-state index contributed by atoms with van der Waals surface area (Å²) in [6.07, 6.45) is 5.59. The van der Waals surface area contributed by atoms with Crippen molar-refractivity contribution in [3.63, 3.8) is 0 Å². The number of hydrogen-bond acceptors (Lipinski definition) is 7. The molecule has 0 bridgehead atoms. The molecule has 0 unspecified atom stereocenters. The Morgan fingerprint density at radius 1 is 1.21 bits per heavy atom. The van der Waals surface area contributed by atoms with Gasteiger partial charge in [0.1, 0.15) is 5.75 Å². The van der Waals surface area contributed by atoms with E-state index >= 15 is 0 Å². The van der Waals surface area contributed by atoms with Gasteiger partial charge in [0, 0.05) is 17.8 Å². The average molecular weight is 422 g/mol. The number of urea groups is 1. The van der Waals surface area contributed by atoms with Crippen LogP contribution in [0.25, 0.3) is 0 Å². The van der Waals surface area contributed by atoms with Crippen LogP contribution in [0.1, 0.15) is 32.1 Å². The van der Waals surface area contributed by atoms with Crippen molar-refractivity contribution in [2.24, 2.45) is 0 Å². The van der Waals surface area contributed by atoms with Gasteiger partial charge >= 0.3 is 6.03 Å². The third-order valence-electron chi connectivity index (χ3n) is 4.25. The molecule has 10 heteroatoms. The molecule has 3 rings (SSSR count). The van der Waals surface area contributed by atoms with Gasteiger partial charge in [-0.05, 0) is 25.0 Å². The smallest absolute Gasteiger partial charge is 0.321 e. The quantitative estimate of drug-likeness (QED) is 0.465. The summed E-state index contributed by atoms with van der Waals surface area (Å²) in [5, 5.41) is 16.9. The van der Waals surface area contributed by atoms with Crippen LogP contribution in [0.2, 0.25) is 0 Å². The van der Waals surface area contributed by atoms with Gasteiger partial charge in [-0.25, -0.2) is 4.79 Å². The zero-order chi connectivity index (χ0) is 19.8. The van der Waals surface area contributed by atoms with E-state index in [-0.39, 0.29) is 23.7 Å². The third-order valence-corrected chi connectivity index (χ3v) is 6.22. The van der Waals surface area contributed by atoms with Crippen molar-refractivity contribution in [2.45, 2.75) is 42.5 Å². The monoisotopic (exact) mass is 421 g/mol. The van der Waals surface area contributed by atoms with Gasteiger partial charge in [-0.3, -0.25) is 10.1 Å². The van der Waals surface area contributed by atoms with Crippen LogP contribution < -0.4 is 20.7 Å². The Bertz CT molecular complexity index is 808. The molecule has 1 aromatic heterocycles. The second-order valence-electron chi connectivity index (χ2n) is 6.38. The first-order valence-electron chi connectivity index (χ1n) is 9.10. The first kappa shape index (κ1) is 20.4. The molecule has 0 atom stereocenters. The van der Waals surface area contributed by atoms with Gasteiger partial charge in [-0.2, -0.15) is 0 Å². The molecule has 1 aliphatic carbocycles. The number of nitrogens with zero attached hydrogens (tertiary/aromatic N) is 2. The second kappa shape index (κ2) is 10.3. The summed E-state index contributed by atoms with van der Waals surface area (Å²) in [6, 6.07) is 7.14. The van der Waals surface area contributed by atoms with E-state index < -0.39 is 0 Å². The van der Waals surface area contributed by atoms with Crippen LogP contribution in [0.3, 0.4) is 0 Å². The van der Waals surface area contributed by atoms with Gasteiger partial charge in [0.2, 0.25) is 11.0 Å². The number of rotatable bonds is 7. The summed E-state index contributed by atoms with van der Waals surface area (Å²) in [4.78, 5) is 24.1. The summed E-state index contributed by atoms with van der Waals surface area (Å²) in [5.41, 5.74) is 0.670. The average Bonchev–Trinajstić information content (AvgIpc) is 3.14. The maximum absolute atomic E-state index is 12.1. The molecule has 1 aliphatic rings. The SMILES string of the molecule is COc1cccc(NC(=O)CSc2nnc(NC(=O)NC3CCCCC3)s2)c1. The van der Waals surface area contributed by atoms with E-state index in [9.17, 15) is 9.59 Å². The number of thioether (sulfide) groups is 1. The number of carbonyl (C=O) groups excluding carboxylic acids is 2. The minimum Gasteiger partial charge on any atom is -0.497 e. The lowest BCUT2D eigenvalue weighted by Gasteiger charge is -2.22. The first-order valence-corrected chi connectivity index (χ1v) is 10.9. The van der Waals surface area contributed by atoms with E-state index in [4.69, 9.17) is 4.74 Å². The molecule has 28 heavy (non-hydrogen) atoms. The summed E-state index contributed by atoms with van der Waals surface area (Å²) < 4.78 is 5.75. The molecule has 1 heterocycles. The van der Waals surface area contributed by atoms with Crippen LogP contribution in [0.15, 0.2) is 28.6 Å². The van der Waals surface area contributed by atoms with E-state index in [0.717, 1.165) is 25.7 Å². The fourth-order valence-electron chi connectivity index (χ4n) is 2.91. The van der Waals surface area contributed by atoms with Crippen LogP contribution in [0.5, 0.6) is 5.75 Å². The molecule has 0 spiro atoms. The van der Waals surface area contributed by atoms with Gasteiger partial charge in [0.15, 0.2) is 4.34 Å². The minimum atomic E-state index is -0.254. The molecule has 1 aromatic carbocycles. The largest absolute Gasteiger partial charge is 0.497 e. The molecule has 3 N–H and O–H groups in total. The highest BCUT2D eigenvalue weighted by atomic mass is 32.2. The Labute approximate surface area is 171 Å². The molecule has 2 aromatic rings. The fourth-order valence-corrected chi connectivity index (χ4v) is 4.46. The van der Waals surface area contributed by atoms with Crippen LogP contribution >= 0.6 is 23.1 Å². The molecule has 8 nitrogen and oxygen atoms in total. The highest BCUT2D eigenvalue weighted by Gasteiger charge is 2.17. The summed E-state index contributed by atoms with van der Waals surface area (Å²) in [7, 11) is 1.58. The lowest BCUT2D eigenvalue weighted by atomic mass is 9.96. The maximum Gasteiger partial charge on any atom is 0.321 e. The zero-order valence-electron chi connectivity index (χ0n) is 15.6. The number of amides is 3. The molecular formula is C18H23N5O3S2. The zero-order valence-corrected chi connectivity index (χ0v) is 17.2. The molecule has 150 valence electrons. The van der Waals surface area contributed by atoms with Crippen molar-refractivity contribution in [1.82, 2.24) is 15.5 Å². The second-order valence-corrected chi connectivity index (χ2v) is 8.58. The fraction of sp³-hybridized carbons (Fsp3) is 0.444. The normalized spacial score (nSPS) is 14.3. The number of ether oxygens (including phenoxy) is 1. The predicted octanol–water partition coefficient (Wildman–Crippen LogP) is 3.73. The van der Waals surface area contributed by atoms with E-state index in [0.29, 0.717) is 20.9 Å². The van der Waals surface area contributed by atoms with Crippen LogP contribution in [-0.2, 0) is 4.79 Å². The molecule has 1 fully saturated rings. The Balaban J connectivity index is 1.42. The number of nitrogens with one attached hydrogen (secondary N) is 3. The third kappa shape index (κ3) is 6.38. The standard InChI is InChI=1S/C18H23N5O3S2/c1-26-14-9-5-8-13(10-14)19-15(24)11-27-18-23-22-17(28-18)21-16(25)20-12-6-3-2-4-7-12/h5,8-10,12H,2-4,6-7,11H2,1H3,(H,19,24)(H2,20,21,22,25). The molecule has 0 radical (unpaired) electrons. The van der Waals surface area contributed by atoms with Gasteiger partial charge in [-0.15, -0.1) is 10.2 Å². The lowest BCUT2D eigenvalue weighted by Crippen LogP contribution is -2.38. The van der Waals surface area contributed by atoms with Gasteiger partial charge in [-0.1, -0.05) is 48.4 Å². The van der Waals surface area contributed by atoms with Crippen molar-refractivity contribution < 1.29 is 14.3 Å². The maximum atomic E-state index is 12.1. The van der Waals surface area contributed by atoms with E-state index in [1.54, 1.807) is 19.2 Å². The van der Waals surface area contributed by atoms with Crippen LogP contribution in [-0.4, -0.2) is 41.0 Å². The Kier molecular flexibility index (Phi) is 7.49. The van der Waals surface area contributed by atoms with Crippen LogP contribution in [0, 0.1) is 0 Å². The summed E-state index contributed by atoms with van der Waals surface area (Å²) in [6.45, 7) is 0. The van der Waals surface area contributed by atoms with Crippen LogP contribution in [0.4, 0.5) is 15.6 Å². The number of anilines is 2. The number of aromatic nitrogens is 2. The molecule has 0 saturated heterocycles. The van der Waals surface area contributed by atoms with E-state index in [1.807, 2.05) is 12.1 Å². The number of methoxy groups -OCH3 is 1. The van der Waals surface area contributed by atoms with Crippen molar-refractivity contribution in [2.75, 3.05) is 23.5 Å². The van der Waals surface area contributed by atoms with Crippen molar-refractivity contribution >= 4 is 45.9 Å². The number of hydrogen-bond donors (Lipinski definition) is 3. The molecule has 3 amide bonds. The predicted molar refractivity (Wildman–Crippen MR) is 111 cm³/mol.